The molecule has 0 aliphatic rings. The Hall–Kier alpha value is -4.00. The van der Waals surface area contributed by atoms with Gasteiger partial charge in [0.1, 0.15) is 11.4 Å². The van der Waals surface area contributed by atoms with Gasteiger partial charge in [-0.15, -0.1) is 5.10 Å². The molecular formula is C23H21N5O2. The number of aromatic nitrogens is 4. The summed E-state index contributed by atoms with van der Waals surface area (Å²) in [5.74, 6) is 1.26. The fraction of sp³-hybridized carbons (Fsp3) is 0.130. The topological polar surface area (TPSA) is 81.9 Å². The van der Waals surface area contributed by atoms with Gasteiger partial charge in [-0.2, -0.15) is 9.67 Å². The molecule has 1 N–H and O–H groups in total. The zero-order valence-electron chi connectivity index (χ0n) is 16.7. The van der Waals surface area contributed by atoms with Gasteiger partial charge in [-0.05, 0) is 36.8 Å². The molecule has 0 atom stereocenters. The van der Waals surface area contributed by atoms with E-state index in [0.717, 1.165) is 22.4 Å². The third-order valence-electron chi connectivity index (χ3n) is 4.60. The Bertz CT molecular complexity index is 1140. The Labute approximate surface area is 174 Å². The second kappa shape index (κ2) is 8.57. The standard InChI is InChI=1S/C23H21N5O2/c1-16-6-10-18(11-7-16)21-26-23(25-15-17-8-12-19(30-2)13-9-17)28(27-21)22(29)20-5-3-4-14-24-20/h3-14H,15H2,1-2H3,(H,25,26,27). The Morgan fingerprint density at radius 3 is 2.47 bits per heavy atom. The third-order valence-corrected chi connectivity index (χ3v) is 4.60. The molecule has 0 aliphatic carbocycles. The third kappa shape index (κ3) is 4.20. The van der Waals surface area contributed by atoms with Crippen molar-refractivity contribution in [3.8, 4) is 17.1 Å². The van der Waals surface area contributed by atoms with Crippen molar-refractivity contribution in [2.45, 2.75) is 13.5 Å². The smallest absolute Gasteiger partial charge is 0.299 e. The highest BCUT2D eigenvalue weighted by molar-refractivity contribution is 5.95. The Balaban J connectivity index is 1.65. The number of ether oxygens (including phenoxy) is 1. The normalized spacial score (nSPS) is 10.6. The van der Waals surface area contributed by atoms with Crippen LogP contribution >= 0.6 is 0 Å². The summed E-state index contributed by atoms with van der Waals surface area (Å²) in [7, 11) is 1.63. The number of pyridine rings is 1. The number of benzene rings is 2. The molecule has 0 bridgehead atoms. The largest absolute Gasteiger partial charge is 0.497 e. The van der Waals surface area contributed by atoms with Crippen LogP contribution in [0.25, 0.3) is 11.4 Å². The molecule has 2 heterocycles. The van der Waals surface area contributed by atoms with E-state index >= 15 is 0 Å². The lowest BCUT2D eigenvalue weighted by Crippen LogP contribution is -2.18. The van der Waals surface area contributed by atoms with Gasteiger partial charge < -0.3 is 10.1 Å². The van der Waals surface area contributed by atoms with Crippen molar-refractivity contribution in [3.05, 3.63) is 89.7 Å². The summed E-state index contributed by atoms with van der Waals surface area (Å²) in [6.07, 6.45) is 1.58. The zero-order valence-corrected chi connectivity index (χ0v) is 16.7. The van der Waals surface area contributed by atoms with Crippen molar-refractivity contribution in [1.29, 1.82) is 0 Å². The highest BCUT2D eigenvalue weighted by Gasteiger charge is 2.19. The average molecular weight is 399 g/mol. The number of hydrogen-bond acceptors (Lipinski definition) is 6. The van der Waals surface area contributed by atoms with Crippen molar-refractivity contribution in [1.82, 2.24) is 19.7 Å². The molecule has 0 aliphatic heterocycles. The predicted molar refractivity (Wildman–Crippen MR) is 114 cm³/mol. The molecule has 0 saturated carbocycles. The monoisotopic (exact) mass is 399 g/mol. The fourth-order valence-electron chi connectivity index (χ4n) is 2.92. The lowest BCUT2D eigenvalue weighted by atomic mass is 10.1. The van der Waals surface area contributed by atoms with E-state index in [1.165, 1.54) is 4.68 Å². The van der Waals surface area contributed by atoms with Crippen LogP contribution in [0.1, 0.15) is 21.6 Å². The molecule has 2 aromatic carbocycles. The van der Waals surface area contributed by atoms with Gasteiger partial charge in [-0.25, -0.2) is 0 Å². The maximum atomic E-state index is 13.0. The van der Waals surface area contributed by atoms with Gasteiger partial charge in [0, 0.05) is 18.3 Å². The first-order valence-electron chi connectivity index (χ1n) is 9.50. The van der Waals surface area contributed by atoms with Crippen LogP contribution in [-0.4, -0.2) is 32.8 Å². The minimum Gasteiger partial charge on any atom is -0.497 e. The average Bonchev–Trinajstić information content (AvgIpc) is 3.23. The van der Waals surface area contributed by atoms with Gasteiger partial charge in [0.2, 0.25) is 5.95 Å². The van der Waals surface area contributed by atoms with Crippen molar-refractivity contribution in [2.24, 2.45) is 0 Å². The minimum atomic E-state index is -0.348. The van der Waals surface area contributed by atoms with Crippen LogP contribution in [0, 0.1) is 6.92 Å². The van der Waals surface area contributed by atoms with Gasteiger partial charge >= 0.3 is 0 Å². The molecule has 7 heteroatoms. The lowest BCUT2D eigenvalue weighted by Gasteiger charge is -2.07. The summed E-state index contributed by atoms with van der Waals surface area (Å²) in [4.78, 5) is 21.7. The van der Waals surface area contributed by atoms with Gasteiger partial charge in [0.25, 0.3) is 5.91 Å². The Morgan fingerprint density at radius 1 is 1.03 bits per heavy atom. The van der Waals surface area contributed by atoms with Crippen LogP contribution in [-0.2, 0) is 6.54 Å². The molecule has 7 nitrogen and oxygen atoms in total. The second-order valence-electron chi connectivity index (χ2n) is 6.76. The summed E-state index contributed by atoms with van der Waals surface area (Å²) in [6.45, 7) is 2.49. The molecule has 0 fully saturated rings. The molecule has 0 unspecified atom stereocenters. The molecule has 0 radical (unpaired) electrons. The number of nitrogens with one attached hydrogen (secondary N) is 1. The molecule has 0 spiro atoms. The van der Waals surface area contributed by atoms with Crippen molar-refractivity contribution in [3.63, 3.8) is 0 Å². The van der Waals surface area contributed by atoms with Crippen LogP contribution < -0.4 is 10.1 Å². The van der Waals surface area contributed by atoms with E-state index in [1.54, 1.807) is 31.5 Å². The highest BCUT2D eigenvalue weighted by Crippen LogP contribution is 2.20. The van der Waals surface area contributed by atoms with Gasteiger partial charge in [0.05, 0.1) is 7.11 Å². The molecule has 0 saturated heterocycles. The van der Waals surface area contributed by atoms with Crippen LogP contribution in [0.5, 0.6) is 5.75 Å². The number of anilines is 1. The van der Waals surface area contributed by atoms with Gasteiger partial charge in [-0.3, -0.25) is 9.78 Å². The van der Waals surface area contributed by atoms with Crippen LogP contribution in [0.3, 0.4) is 0 Å². The summed E-state index contributed by atoms with van der Waals surface area (Å²) in [5, 5.41) is 7.68. The first-order valence-corrected chi connectivity index (χ1v) is 9.50. The van der Waals surface area contributed by atoms with E-state index < -0.39 is 0 Å². The number of hydrogen-bond donors (Lipinski definition) is 1. The van der Waals surface area contributed by atoms with E-state index in [2.05, 4.69) is 20.4 Å². The Kier molecular flexibility index (Phi) is 5.52. The van der Waals surface area contributed by atoms with Gasteiger partial charge in [-0.1, -0.05) is 48.0 Å². The number of carbonyl (C=O) groups excluding carboxylic acids is 1. The minimum absolute atomic E-state index is 0.297. The second-order valence-corrected chi connectivity index (χ2v) is 6.76. The number of nitrogens with zero attached hydrogens (tertiary/aromatic N) is 4. The van der Waals surface area contributed by atoms with E-state index in [0.29, 0.717) is 24.0 Å². The van der Waals surface area contributed by atoms with Crippen molar-refractivity contribution >= 4 is 11.9 Å². The number of methoxy groups -OCH3 is 1. The first kappa shape index (κ1) is 19.3. The zero-order chi connectivity index (χ0) is 20.9. The Morgan fingerprint density at radius 2 is 1.80 bits per heavy atom. The lowest BCUT2D eigenvalue weighted by molar-refractivity contribution is 0.0942. The van der Waals surface area contributed by atoms with Crippen molar-refractivity contribution < 1.29 is 9.53 Å². The quantitative estimate of drug-likeness (QED) is 0.529. The van der Waals surface area contributed by atoms with Crippen LogP contribution in [0.15, 0.2) is 72.9 Å². The molecule has 2 aromatic heterocycles. The molecule has 4 rings (SSSR count). The van der Waals surface area contributed by atoms with Crippen molar-refractivity contribution in [2.75, 3.05) is 12.4 Å². The van der Waals surface area contributed by atoms with E-state index in [4.69, 9.17) is 4.74 Å². The summed E-state index contributed by atoms with van der Waals surface area (Å²) < 4.78 is 6.46. The van der Waals surface area contributed by atoms with E-state index in [1.807, 2.05) is 55.5 Å². The summed E-state index contributed by atoms with van der Waals surface area (Å²) in [5.41, 5.74) is 3.29. The SMILES string of the molecule is COc1ccc(CNc2nc(-c3ccc(C)cc3)nn2C(=O)c2ccccn2)cc1. The number of rotatable bonds is 6. The maximum Gasteiger partial charge on any atom is 0.299 e. The summed E-state index contributed by atoms with van der Waals surface area (Å²) >= 11 is 0. The molecule has 0 amide bonds. The molecule has 150 valence electrons. The number of aryl methyl sites for hydroxylation is 1. The number of carbonyl (C=O) groups is 1. The molecule has 30 heavy (non-hydrogen) atoms. The maximum absolute atomic E-state index is 13.0. The highest BCUT2D eigenvalue weighted by atomic mass is 16.5. The van der Waals surface area contributed by atoms with Gasteiger partial charge in [0.15, 0.2) is 5.82 Å². The predicted octanol–water partition coefficient (Wildman–Crippen LogP) is 3.96. The fourth-order valence-corrected chi connectivity index (χ4v) is 2.92. The van der Waals surface area contributed by atoms with Crippen LogP contribution in [0.4, 0.5) is 5.95 Å². The van der Waals surface area contributed by atoms with Crippen LogP contribution in [0.2, 0.25) is 0 Å². The molecular weight excluding hydrogens is 378 g/mol. The molecule has 4 aromatic rings. The van der Waals surface area contributed by atoms with E-state index in [9.17, 15) is 4.79 Å². The first-order chi connectivity index (χ1) is 14.6. The van der Waals surface area contributed by atoms with E-state index in [-0.39, 0.29) is 5.91 Å². The summed E-state index contributed by atoms with van der Waals surface area (Å²) in [6, 6.07) is 20.7.